The van der Waals surface area contributed by atoms with Crippen LogP contribution < -0.4 is 20.7 Å². The number of amides is 2. The number of ether oxygens (including phenoxy) is 2. The quantitative estimate of drug-likeness (QED) is 0.0597. The van der Waals surface area contributed by atoms with Gasteiger partial charge in [0.15, 0.2) is 5.82 Å². The van der Waals surface area contributed by atoms with Gasteiger partial charge in [0.25, 0.3) is 0 Å². The number of carbonyl (C=O) groups is 2. The van der Waals surface area contributed by atoms with Crippen LogP contribution >= 0.6 is 45.5 Å². The number of nitrogens with zero attached hydrogens (tertiary/aromatic N) is 5. The Labute approximate surface area is 352 Å². The molecule has 0 aliphatic carbocycles. The van der Waals surface area contributed by atoms with E-state index in [1.54, 1.807) is 17.5 Å². The minimum absolute atomic E-state index is 0.0103. The van der Waals surface area contributed by atoms with E-state index >= 15 is 0 Å². The molecule has 2 aliphatic rings. The van der Waals surface area contributed by atoms with Gasteiger partial charge in [0.05, 0.1) is 25.3 Å². The highest BCUT2D eigenvalue weighted by Crippen LogP contribution is 2.41. The minimum atomic E-state index is -0.615. The summed E-state index contributed by atoms with van der Waals surface area (Å²) in [5.74, 6) is 2.56. The lowest BCUT2D eigenvalue weighted by molar-refractivity contribution is -0.116. The average molecular weight is 913 g/mol. The van der Waals surface area contributed by atoms with Crippen LogP contribution in [-0.2, 0) is 20.7 Å². The number of hydrogen-bond acceptors (Lipinski definition) is 10. The van der Waals surface area contributed by atoms with Crippen LogP contribution in [0.25, 0.3) is 16.1 Å². The Kier molecular flexibility index (Phi) is 11.4. The summed E-state index contributed by atoms with van der Waals surface area (Å²) in [4.78, 5) is 36.6. The second-order valence-electron chi connectivity index (χ2n) is 13.6. The van der Waals surface area contributed by atoms with Crippen molar-refractivity contribution in [2.24, 2.45) is 4.99 Å². The first-order valence-corrected chi connectivity index (χ1v) is 20.8. The van der Waals surface area contributed by atoms with Crippen molar-refractivity contribution in [1.82, 2.24) is 19.7 Å². The Morgan fingerprint density at radius 3 is 2.61 bits per heavy atom. The van der Waals surface area contributed by atoms with Crippen LogP contribution in [0, 0.1) is 20.8 Å². The number of rotatable bonds is 13. The normalized spacial score (nSPS) is 14.8. The predicted molar refractivity (Wildman–Crippen MR) is 233 cm³/mol. The van der Waals surface area contributed by atoms with E-state index in [1.807, 2.05) is 90.4 Å². The molecule has 5 heterocycles. The summed E-state index contributed by atoms with van der Waals surface area (Å²) < 4.78 is 13.1. The van der Waals surface area contributed by atoms with Gasteiger partial charge in [-0.2, -0.15) is 0 Å². The predicted octanol–water partition coefficient (Wildman–Crippen LogP) is 8.31. The van der Waals surface area contributed by atoms with Gasteiger partial charge >= 0.3 is 0 Å². The van der Waals surface area contributed by atoms with Crippen molar-refractivity contribution in [3.05, 3.63) is 129 Å². The fraction of sp³-hybridized carbons (Fsp3) is 0.238. The molecule has 3 aromatic carbocycles. The number of nitrogens with one attached hydrogen (secondary N) is 3. The number of carbonyl (C=O) groups excluding carboxylic acids is 2. The second kappa shape index (κ2) is 16.7. The van der Waals surface area contributed by atoms with Crippen LogP contribution in [-0.4, -0.2) is 67.6 Å². The van der Waals surface area contributed by atoms with E-state index in [1.165, 1.54) is 4.88 Å². The molecule has 57 heavy (non-hydrogen) atoms. The molecule has 290 valence electrons. The molecule has 3 aromatic heterocycles. The Morgan fingerprint density at radius 2 is 1.81 bits per heavy atom. The van der Waals surface area contributed by atoms with E-state index in [-0.39, 0.29) is 11.8 Å². The minimum Gasteiger partial charge on any atom is -0.491 e. The maximum absolute atomic E-state index is 13.8. The van der Waals surface area contributed by atoms with E-state index in [2.05, 4.69) is 67.6 Å². The van der Waals surface area contributed by atoms with Crippen LogP contribution in [0.1, 0.15) is 44.8 Å². The molecule has 8 rings (SSSR count). The van der Waals surface area contributed by atoms with Crippen molar-refractivity contribution in [1.29, 1.82) is 0 Å². The van der Waals surface area contributed by atoms with Gasteiger partial charge in [-0.25, -0.2) is 4.98 Å². The zero-order valence-electron chi connectivity index (χ0n) is 31.3. The molecule has 0 saturated heterocycles. The molecule has 0 spiro atoms. The molecule has 0 saturated carbocycles. The van der Waals surface area contributed by atoms with Gasteiger partial charge in [0.2, 0.25) is 11.8 Å². The first-order valence-electron chi connectivity index (χ1n) is 18.4. The number of hydrogen-bond donors (Lipinski definition) is 3. The van der Waals surface area contributed by atoms with Crippen LogP contribution in [0.2, 0.25) is 5.02 Å². The second-order valence-corrected chi connectivity index (χ2v) is 16.6. The van der Waals surface area contributed by atoms with E-state index in [9.17, 15) is 9.59 Å². The highest BCUT2D eigenvalue weighted by molar-refractivity contribution is 14.1. The summed E-state index contributed by atoms with van der Waals surface area (Å²) >= 11 is 10.1. The average Bonchev–Trinajstić information content (AvgIpc) is 3.84. The van der Waals surface area contributed by atoms with Gasteiger partial charge < -0.3 is 25.4 Å². The van der Waals surface area contributed by atoms with Crippen molar-refractivity contribution >= 4 is 80.2 Å². The van der Waals surface area contributed by atoms with Crippen LogP contribution in [0.5, 0.6) is 5.75 Å². The lowest BCUT2D eigenvalue weighted by Crippen LogP contribution is -2.29. The molecule has 2 amide bonds. The number of aliphatic imine (C=N–C) groups is 1. The van der Waals surface area contributed by atoms with E-state index in [0.717, 1.165) is 61.4 Å². The van der Waals surface area contributed by atoms with Gasteiger partial charge in [-0.1, -0.05) is 52.4 Å². The summed E-state index contributed by atoms with van der Waals surface area (Å²) in [6.45, 7) is 7.89. The summed E-state index contributed by atoms with van der Waals surface area (Å²) in [5, 5.41) is 19.9. The smallest absolute Gasteiger partial charge is 0.240 e. The zero-order valence-corrected chi connectivity index (χ0v) is 35.0. The maximum Gasteiger partial charge on any atom is 0.240 e. The molecule has 6 aromatic rings. The van der Waals surface area contributed by atoms with E-state index < -0.39 is 9.97 Å². The monoisotopic (exact) mass is 912 g/mol. The number of aryl methyl sites for hydroxylation is 2. The SMILES string of the molecule is Cc1sc2c(c1C)C(c1ccc(Cl)cc1)=N[C@@H]([C@@H](I)C(=O)Nc1ccc(OCCOCCNc3ncccc3-c3ccc4c(c3)CC(=O)N4)cc1)c1nnc(C)n1-2. The first kappa shape index (κ1) is 38.7. The number of alkyl halides is 1. The van der Waals surface area contributed by atoms with Crippen molar-refractivity contribution in [2.75, 3.05) is 42.3 Å². The van der Waals surface area contributed by atoms with Crippen molar-refractivity contribution in [3.63, 3.8) is 0 Å². The fourth-order valence-electron chi connectivity index (χ4n) is 6.88. The van der Waals surface area contributed by atoms with Gasteiger partial charge in [-0.15, -0.1) is 21.5 Å². The standard InChI is InChI=1S/C42H38ClIN8O4S/c1-23-24(2)57-42-35(23)37(26-6-9-29(43)10-7-26)49-38(40-51-50-25(3)52(40)42)36(44)41(54)47-30-11-13-31(14-12-30)56-20-19-55-18-17-46-39-32(5-4-16-45-39)27-8-15-33-28(21-27)22-34(53)48-33/h4-16,21,36,38H,17-20,22H2,1-3H3,(H,45,46)(H,47,54)(H,48,53)/t36-,38+/m1/s1. The van der Waals surface area contributed by atoms with Crippen molar-refractivity contribution in [3.8, 4) is 21.9 Å². The van der Waals surface area contributed by atoms with Crippen LogP contribution in [0.4, 0.5) is 17.2 Å². The molecule has 3 N–H and O–H groups in total. The zero-order chi connectivity index (χ0) is 39.6. The Bertz CT molecular complexity index is 2500. The molecular weight excluding hydrogens is 875 g/mol. The Hall–Kier alpha value is -5.16. The third kappa shape index (κ3) is 8.17. The molecule has 2 aliphatic heterocycles. The number of aromatic nitrogens is 4. The summed E-state index contributed by atoms with van der Waals surface area (Å²) in [6.07, 6.45) is 2.13. The van der Waals surface area contributed by atoms with Gasteiger partial charge in [0, 0.05) is 50.7 Å². The maximum atomic E-state index is 13.8. The van der Waals surface area contributed by atoms with Gasteiger partial charge in [-0.05, 0) is 98.1 Å². The largest absolute Gasteiger partial charge is 0.491 e. The number of fused-ring (bicyclic) bond motifs is 4. The number of thiophene rings is 1. The number of benzene rings is 3. The Morgan fingerprint density at radius 1 is 1.02 bits per heavy atom. The van der Waals surface area contributed by atoms with E-state index in [0.29, 0.717) is 55.1 Å². The number of pyridine rings is 1. The molecule has 2 atom stereocenters. The first-order chi connectivity index (χ1) is 27.6. The number of halogens is 2. The molecule has 15 heteroatoms. The molecular formula is C42H38ClIN8O4S. The highest BCUT2D eigenvalue weighted by atomic mass is 127. The van der Waals surface area contributed by atoms with E-state index in [4.69, 9.17) is 26.1 Å². The van der Waals surface area contributed by atoms with Crippen LogP contribution in [0.3, 0.4) is 0 Å². The molecule has 0 unspecified atom stereocenters. The highest BCUT2D eigenvalue weighted by Gasteiger charge is 2.37. The molecule has 0 fully saturated rings. The third-order valence-electron chi connectivity index (χ3n) is 9.84. The third-order valence-corrected chi connectivity index (χ3v) is 12.5. The summed E-state index contributed by atoms with van der Waals surface area (Å²) in [6, 6.07) is 24.1. The summed E-state index contributed by atoms with van der Waals surface area (Å²) in [7, 11) is 0. The summed E-state index contributed by atoms with van der Waals surface area (Å²) in [5.41, 5.74) is 8.28. The lowest BCUT2D eigenvalue weighted by Gasteiger charge is -2.18. The van der Waals surface area contributed by atoms with Crippen LogP contribution in [0.15, 0.2) is 90.1 Å². The van der Waals surface area contributed by atoms with Crippen molar-refractivity contribution in [2.45, 2.75) is 37.2 Å². The lowest BCUT2D eigenvalue weighted by atomic mass is 9.99. The molecule has 12 nitrogen and oxygen atoms in total. The number of anilines is 3. The fourth-order valence-corrected chi connectivity index (χ4v) is 8.86. The van der Waals surface area contributed by atoms with Crippen molar-refractivity contribution < 1.29 is 19.1 Å². The van der Waals surface area contributed by atoms with Gasteiger partial charge in [0.1, 0.15) is 39.0 Å². The molecule has 0 radical (unpaired) electrons. The van der Waals surface area contributed by atoms with Gasteiger partial charge in [-0.3, -0.25) is 19.1 Å². The molecule has 0 bridgehead atoms. The topological polar surface area (TPSA) is 145 Å². The Balaban J connectivity index is 0.854.